The van der Waals surface area contributed by atoms with E-state index in [9.17, 15) is 0 Å². The maximum Gasteiger partial charge on any atom is 0.0541 e. The Hall–Kier alpha value is -5.34. The van der Waals surface area contributed by atoms with Gasteiger partial charge in [-0.2, -0.15) is 0 Å². The molecule has 0 bridgehead atoms. The van der Waals surface area contributed by atoms with E-state index in [1.165, 1.54) is 67.0 Å². The summed E-state index contributed by atoms with van der Waals surface area (Å²) in [6, 6.07) is 52.0. The summed E-state index contributed by atoms with van der Waals surface area (Å²) < 4.78 is 4.68. The monoisotopic (exact) mass is 568 g/mol. The van der Waals surface area contributed by atoms with Gasteiger partial charge in [-0.15, -0.1) is 0 Å². The number of hydrogen-bond donors (Lipinski definition) is 0. The molecule has 0 aliphatic carbocycles. The average Bonchev–Trinajstić information content (AvgIpc) is 3.61. The third-order valence-electron chi connectivity index (χ3n) is 8.88. The predicted octanol–water partition coefficient (Wildman–Crippen LogP) is 11.7. The SMILES string of the molecule is C=Cc1ccc(-n2c3ccccc3c3ccccc32)cc1.CCC(C)c1ccc(-n2c3ccccc3c3ccccc32)cc1. The second-order valence-electron chi connectivity index (χ2n) is 11.4. The molecule has 2 heterocycles. The van der Waals surface area contributed by atoms with Gasteiger partial charge in [0.15, 0.2) is 0 Å². The van der Waals surface area contributed by atoms with Gasteiger partial charge in [-0.3, -0.25) is 0 Å². The van der Waals surface area contributed by atoms with Crippen molar-refractivity contribution in [1.29, 1.82) is 0 Å². The molecule has 0 aliphatic rings. The van der Waals surface area contributed by atoms with Crippen molar-refractivity contribution in [1.82, 2.24) is 9.13 Å². The minimum Gasteiger partial charge on any atom is -0.309 e. The molecule has 0 amide bonds. The molecule has 2 nitrogen and oxygen atoms in total. The quantitative estimate of drug-likeness (QED) is 0.195. The molecule has 1 unspecified atom stereocenters. The number of rotatable bonds is 5. The smallest absolute Gasteiger partial charge is 0.0541 e. The van der Waals surface area contributed by atoms with Crippen LogP contribution in [0.1, 0.15) is 37.3 Å². The normalized spacial score (nSPS) is 12.0. The van der Waals surface area contributed by atoms with Crippen LogP contribution in [-0.2, 0) is 0 Å². The van der Waals surface area contributed by atoms with E-state index in [0.29, 0.717) is 5.92 Å². The zero-order chi connectivity index (χ0) is 30.0. The Bertz CT molecular complexity index is 2120. The first-order valence-corrected chi connectivity index (χ1v) is 15.5. The highest BCUT2D eigenvalue weighted by atomic mass is 15.0. The summed E-state index contributed by atoms with van der Waals surface area (Å²) in [5.41, 5.74) is 9.98. The van der Waals surface area contributed by atoms with Crippen LogP contribution in [0.25, 0.3) is 61.1 Å². The van der Waals surface area contributed by atoms with E-state index in [1.54, 1.807) is 0 Å². The number of para-hydroxylation sites is 4. The fourth-order valence-corrected chi connectivity index (χ4v) is 6.35. The molecule has 214 valence electrons. The van der Waals surface area contributed by atoms with E-state index in [4.69, 9.17) is 0 Å². The summed E-state index contributed by atoms with van der Waals surface area (Å²) in [7, 11) is 0. The minimum atomic E-state index is 0.613. The van der Waals surface area contributed by atoms with Gasteiger partial charge in [-0.25, -0.2) is 0 Å². The van der Waals surface area contributed by atoms with Crippen LogP contribution in [0.5, 0.6) is 0 Å². The third-order valence-corrected chi connectivity index (χ3v) is 8.88. The average molecular weight is 569 g/mol. The summed E-state index contributed by atoms with van der Waals surface area (Å²) in [6.45, 7) is 8.35. The lowest BCUT2D eigenvalue weighted by molar-refractivity contribution is 0.733. The summed E-state index contributed by atoms with van der Waals surface area (Å²) in [6.07, 6.45) is 3.05. The highest BCUT2D eigenvalue weighted by Gasteiger charge is 2.12. The molecule has 0 saturated heterocycles. The van der Waals surface area contributed by atoms with E-state index < -0.39 is 0 Å². The van der Waals surface area contributed by atoms with Crippen molar-refractivity contribution >= 4 is 49.7 Å². The second kappa shape index (κ2) is 11.7. The van der Waals surface area contributed by atoms with Crippen LogP contribution in [0.3, 0.4) is 0 Å². The molecule has 0 N–H and O–H groups in total. The van der Waals surface area contributed by atoms with Gasteiger partial charge in [0.2, 0.25) is 0 Å². The van der Waals surface area contributed by atoms with Crippen LogP contribution in [0.15, 0.2) is 152 Å². The zero-order valence-corrected chi connectivity index (χ0v) is 25.3. The molecule has 2 aromatic heterocycles. The molecule has 8 rings (SSSR count). The molecule has 2 heteroatoms. The number of fused-ring (bicyclic) bond motifs is 6. The van der Waals surface area contributed by atoms with Gasteiger partial charge in [0.1, 0.15) is 0 Å². The molecule has 6 aromatic carbocycles. The van der Waals surface area contributed by atoms with E-state index in [0.717, 1.165) is 5.56 Å². The van der Waals surface area contributed by atoms with Gasteiger partial charge < -0.3 is 9.13 Å². The molecule has 0 spiro atoms. The Kier molecular flexibility index (Phi) is 7.33. The molecule has 0 radical (unpaired) electrons. The molecular weight excluding hydrogens is 532 g/mol. The fourth-order valence-electron chi connectivity index (χ4n) is 6.35. The molecular formula is C42H36N2. The Balaban J connectivity index is 0.000000143. The van der Waals surface area contributed by atoms with Crippen LogP contribution < -0.4 is 0 Å². The van der Waals surface area contributed by atoms with Crippen LogP contribution in [0.4, 0.5) is 0 Å². The topological polar surface area (TPSA) is 9.86 Å². The summed E-state index contributed by atoms with van der Waals surface area (Å²) in [5.74, 6) is 0.613. The van der Waals surface area contributed by atoms with Crippen LogP contribution in [0.2, 0.25) is 0 Å². The first-order valence-electron chi connectivity index (χ1n) is 15.5. The van der Waals surface area contributed by atoms with Crippen molar-refractivity contribution in [2.75, 3.05) is 0 Å². The van der Waals surface area contributed by atoms with Crippen LogP contribution in [-0.4, -0.2) is 9.13 Å². The lowest BCUT2D eigenvalue weighted by Gasteiger charge is -2.12. The molecule has 0 saturated carbocycles. The van der Waals surface area contributed by atoms with E-state index in [1.807, 2.05) is 6.08 Å². The summed E-state index contributed by atoms with van der Waals surface area (Å²) in [5, 5.41) is 5.21. The maximum atomic E-state index is 3.82. The highest BCUT2D eigenvalue weighted by molar-refractivity contribution is 6.10. The maximum absolute atomic E-state index is 3.82. The molecule has 0 fully saturated rings. The first kappa shape index (κ1) is 27.5. The van der Waals surface area contributed by atoms with Gasteiger partial charge in [-0.05, 0) is 72.0 Å². The minimum absolute atomic E-state index is 0.613. The van der Waals surface area contributed by atoms with Crippen molar-refractivity contribution in [2.24, 2.45) is 0 Å². The predicted molar refractivity (Wildman–Crippen MR) is 190 cm³/mol. The van der Waals surface area contributed by atoms with Crippen molar-refractivity contribution in [3.05, 3.63) is 163 Å². The lowest BCUT2D eigenvalue weighted by atomic mass is 9.98. The van der Waals surface area contributed by atoms with Gasteiger partial charge in [0, 0.05) is 32.9 Å². The summed E-state index contributed by atoms with van der Waals surface area (Å²) >= 11 is 0. The third kappa shape index (κ3) is 4.79. The van der Waals surface area contributed by atoms with Gasteiger partial charge >= 0.3 is 0 Å². The van der Waals surface area contributed by atoms with E-state index in [2.05, 4.69) is 175 Å². The van der Waals surface area contributed by atoms with E-state index >= 15 is 0 Å². The fraction of sp³-hybridized carbons (Fsp3) is 0.0952. The number of aromatic nitrogens is 2. The molecule has 44 heavy (non-hydrogen) atoms. The van der Waals surface area contributed by atoms with Crippen molar-refractivity contribution in [3.8, 4) is 11.4 Å². The summed E-state index contributed by atoms with van der Waals surface area (Å²) in [4.78, 5) is 0. The Morgan fingerprint density at radius 3 is 1.18 bits per heavy atom. The highest BCUT2D eigenvalue weighted by Crippen LogP contribution is 2.33. The zero-order valence-electron chi connectivity index (χ0n) is 25.3. The molecule has 0 aliphatic heterocycles. The number of benzene rings is 6. The lowest BCUT2D eigenvalue weighted by Crippen LogP contribution is -1.96. The van der Waals surface area contributed by atoms with Gasteiger partial charge in [-0.1, -0.05) is 124 Å². The van der Waals surface area contributed by atoms with Crippen molar-refractivity contribution in [2.45, 2.75) is 26.2 Å². The second-order valence-corrected chi connectivity index (χ2v) is 11.4. The van der Waals surface area contributed by atoms with Crippen molar-refractivity contribution < 1.29 is 0 Å². The van der Waals surface area contributed by atoms with Crippen molar-refractivity contribution in [3.63, 3.8) is 0 Å². The largest absolute Gasteiger partial charge is 0.309 e. The first-order chi connectivity index (χ1) is 21.7. The number of hydrogen-bond acceptors (Lipinski definition) is 0. The van der Waals surface area contributed by atoms with Gasteiger partial charge in [0.25, 0.3) is 0 Å². The Labute approximate surface area is 259 Å². The van der Waals surface area contributed by atoms with E-state index in [-0.39, 0.29) is 0 Å². The van der Waals surface area contributed by atoms with Gasteiger partial charge in [0.05, 0.1) is 22.1 Å². The number of nitrogens with zero attached hydrogens (tertiary/aromatic N) is 2. The van der Waals surface area contributed by atoms with Crippen LogP contribution in [0, 0.1) is 0 Å². The Morgan fingerprint density at radius 2 is 0.841 bits per heavy atom. The molecule has 8 aromatic rings. The van der Waals surface area contributed by atoms with Crippen LogP contribution >= 0.6 is 0 Å². The standard InChI is InChI=1S/C22H21N.C20H15N/c1-3-16(2)17-12-14-18(15-13-17)23-21-10-6-4-8-19(21)20-9-5-7-11-22(20)23;1-2-15-11-13-16(14-12-15)21-19-9-5-3-7-17(19)18-8-4-6-10-20(18)21/h4-16H,3H2,1-2H3;2-14H,1H2. The molecule has 1 atom stereocenters. The Morgan fingerprint density at radius 1 is 0.500 bits per heavy atom.